The van der Waals surface area contributed by atoms with E-state index in [1.165, 1.54) is 10.5 Å². The first-order chi connectivity index (χ1) is 14.3. The van der Waals surface area contributed by atoms with Crippen LogP contribution in [0, 0.1) is 6.92 Å². The van der Waals surface area contributed by atoms with E-state index in [2.05, 4.69) is 38.0 Å². The first-order valence-corrected chi connectivity index (χ1v) is 11.0. The highest BCUT2D eigenvalue weighted by Crippen LogP contribution is 2.25. The lowest BCUT2D eigenvalue weighted by Crippen LogP contribution is -2.50. The number of carbonyl (C=O) groups excluding carboxylic acids is 2. The summed E-state index contributed by atoms with van der Waals surface area (Å²) in [6.45, 7) is 5.64. The number of amides is 2. The molecule has 0 saturated carbocycles. The van der Waals surface area contributed by atoms with Crippen LogP contribution in [0.4, 0.5) is 11.4 Å². The number of aryl methyl sites for hydroxylation is 1. The summed E-state index contributed by atoms with van der Waals surface area (Å²) in [5, 5.41) is 3.55. The van der Waals surface area contributed by atoms with Crippen molar-refractivity contribution < 1.29 is 9.59 Å². The van der Waals surface area contributed by atoms with Crippen LogP contribution < -0.4 is 10.2 Å². The molecule has 2 amide bonds. The van der Waals surface area contributed by atoms with Gasteiger partial charge in [0.05, 0.1) is 18.8 Å². The molecule has 1 heterocycles. The Labute approximate surface area is 190 Å². The molecular weight excluding hydrogens is 468 g/mol. The average Bonchev–Trinajstić information content (AvgIpc) is 2.72. The van der Waals surface area contributed by atoms with Crippen LogP contribution in [-0.2, 0) is 9.59 Å². The summed E-state index contributed by atoms with van der Waals surface area (Å²) in [4.78, 5) is 30.8. The van der Waals surface area contributed by atoms with Gasteiger partial charge in [0, 0.05) is 48.4 Å². The number of para-hydroxylation sites is 1. The number of hydrogen-bond acceptors (Lipinski definition) is 4. The van der Waals surface area contributed by atoms with Crippen molar-refractivity contribution in [2.24, 2.45) is 0 Å². The number of carbonyl (C=O) groups is 2. The summed E-state index contributed by atoms with van der Waals surface area (Å²) < 4.78 is 0.806. The Bertz CT molecular complexity index is 916. The molecule has 30 heavy (non-hydrogen) atoms. The smallest absolute Gasteiger partial charge is 0.244 e. The molecule has 8 heteroatoms. The first kappa shape index (κ1) is 22.6. The summed E-state index contributed by atoms with van der Waals surface area (Å²) in [7, 11) is 1.66. The zero-order valence-electron chi connectivity index (χ0n) is 17.2. The molecular formula is C22H26BrClN4O2. The molecule has 0 aromatic heterocycles. The van der Waals surface area contributed by atoms with Gasteiger partial charge < -0.3 is 15.1 Å². The lowest BCUT2D eigenvalue weighted by atomic mass is 10.1. The van der Waals surface area contributed by atoms with Crippen LogP contribution in [0.5, 0.6) is 0 Å². The average molecular weight is 494 g/mol. The van der Waals surface area contributed by atoms with E-state index in [4.69, 9.17) is 11.6 Å². The van der Waals surface area contributed by atoms with Crippen molar-refractivity contribution in [1.29, 1.82) is 0 Å². The number of piperazine rings is 1. The second-order valence-electron chi connectivity index (χ2n) is 7.47. The van der Waals surface area contributed by atoms with E-state index in [0.717, 1.165) is 41.4 Å². The van der Waals surface area contributed by atoms with Crippen LogP contribution in [0.2, 0.25) is 5.02 Å². The Balaban J connectivity index is 1.46. The van der Waals surface area contributed by atoms with E-state index < -0.39 is 0 Å². The fourth-order valence-corrected chi connectivity index (χ4v) is 3.99. The normalized spacial score (nSPS) is 14.5. The molecule has 0 radical (unpaired) electrons. The van der Waals surface area contributed by atoms with Gasteiger partial charge in [-0.2, -0.15) is 0 Å². The Morgan fingerprint density at radius 2 is 1.83 bits per heavy atom. The van der Waals surface area contributed by atoms with E-state index >= 15 is 0 Å². The Kier molecular flexibility index (Phi) is 7.75. The third-order valence-electron chi connectivity index (χ3n) is 5.20. The topological polar surface area (TPSA) is 55.9 Å². The molecule has 0 aliphatic carbocycles. The van der Waals surface area contributed by atoms with Gasteiger partial charge in [0.1, 0.15) is 0 Å². The summed E-state index contributed by atoms with van der Waals surface area (Å²) in [5.41, 5.74) is 3.03. The van der Waals surface area contributed by atoms with Crippen LogP contribution in [-0.4, -0.2) is 67.9 Å². The van der Waals surface area contributed by atoms with Crippen LogP contribution in [0.3, 0.4) is 0 Å². The Morgan fingerprint density at radius 1 is 1.13 bits per heavy atom. The Hall–Kier alpha value is -2.09. The molecule has 2 aromatic carbocycles. The van der Waals surface area contributed by atoms with Gasteiger partial charge in [0.2, 0.25) is 11.8 Å². The predicted molar refractivity (Wildman–Crippen MR) is 125 cm³/mol. The molecule has 0 unspecified atom stereocenters. The number of anilines is 2. The quantitative estimate of drug-likeness (QED) is 0.668. The van der Waals surface area contributed by atoms with Crippen molar-refractivity contribution in [3.8, 4) is 0 Å². The molecule has 6 nitrogen and oxygen atoms in total. The predicted octanol–water partition coefficient (Wildman–Crippen LogP) is 3.63. The van der Waals surface area contributed by atoms with E-state index in [1.807, 2.05) is 42.5 Å². The number of halogens is 2. The van der Waals surface area contributed by atoms with Crippen LogP contribution >= 0.6 is 27.5 Å². The van der Waals surface area contributed by atoms with Crippen molar-refractivity contribution in [2.45, 2.75) is 6.92 Å². The summed E-state index contributed by atoms with van der Waals surface area (Å²) in [5.74, 6) is -0.288. The van der Waals surface area contributed by atoms with Gasteiger partial charge in [0.15, 0.2) is 0 Å². The maximum absolute atomic E-state index is 12.6. The highest BCUT2D eigenvalue weighted by atomic mass is 79.9. The van der Waals surface area contributed by atoms with E-state index in [0.29, 0.717) is 12.2 Å². The summed E-state index contributed by atoms with van der Waals surface area (Å²) >= 11 is 9.55. The standard InChI is InChI=1S/C22H26BrClN4O2/c1-16-7-8-17(24)13-20(16)28-11-9-27(10-12-28)15-22(30)26(2)14-21(29)25-19-6-4-3-5-18(19)23/h3-8,13H,9-12,14-15H2,1-2H3,(H,25,29). The molecule has 1 saturated heterocycles. The second-order valence-corrected chi connectivity index (χ2v) is 8.76. The van der Waals surface area contributed by atoms with Gasteiger partial charge in [-0.25, -0.2) is 0 Å². The highest BCUT2D eigenvalue weighted by Gasteiger charge is 2.22. The number of rotatable bonds is 6. The zero-order valence-corrected chi connectivity index (χ0v) is 19.5. The summed E-state index contributed by atoms with van der Waals surface area (Å²) in [6.07, 6.45) is 0. The summed E-state index contributed by atoms with van der Waals surface area (Å²) in [6, 6.07) is 13.3. The number of hydrogen-bond donors (Lipinski definition) is 1. The third kappa shape index (κ3) is 5.97. The minimum Gasteiger partial charge on any atom is -0.369 e. The molecule has 0 bridgehead atoms. The molecule has 160 valence electrons. The number of nitrogens with zero attached hydrogens (tertiary/aromatic N) is 3. The van der Waals surface area contributed by atoms with Gasteiger partial charge >= 0.3 is 0 Å². The molecule has 0 spiro atoms. The van der Waals surface area contributed by atoms with Crippen molar-refractivity contribution in [1.82, 2.24) is 9.80 Å². The van der Waals surface area contributed by atoms with Gasteiger partial charge in [-0.15, -0.1) is 0 Å². The molecule has 2 aromatic rings. The SMILES string of the molecule is Cc1ccc(Cl)cc1N1CCN(CC(=O)N(C)CC(=O)Nc2ccccc2Br)CC1. The fraction of sp³-hybridized carbons (Fsp3) is 0.364. The molecule has 1 aliphatic rings. The first-order valence-electron chi connectivity index (χ1n) is 9.85. The van der Waals surface area contributed by atoms with Crippen LogP contribution in [0.15, 0.2) is 46.9 Å². The van der Waals surface area contributed by atoms with Crippen molar-refractivity contribution >= 4 is 50.7 Å². The van der Waals surface area contributed by atoms with Gasteiger partial charge in [-0.1, -0.05) is 29.8 Å². The van der Waals surface area contributed by atoms with Gasteiger partial charge in [-0.05, 0) is 52.7 Å². The van der Waals surface area contributed by atoms with Crippen molar-refractivity contribution in [3.63, 3.8) is 0 Å². The van der Waals surface area contributed by atoms with Crippen LogP contribution in [0.25, 0.3) is 0 Å². The minimum absolute atomic E-state index is 0.0157. The van der Waals surface area contributed by atoms with Gasteiger partial charge in [-0.3, -0.25) is 14.5 Å². The van der Waals surface area contributed by atoms with E-state index in [9.17, 15) is 9.59 Å². The number of benzene rings is 2. The molecule has 3 rings (SSSR count). The van der Waals surface area contributed by atoms with Crippen molar-refractivity contribution in [2.75, 3.05) is 56.5 Å². The lowest BCUT2D eigenvalue weighted by Gasteiger charge is -2.37. The molecule has 1 N–H and O–H groups in total. The Morgan fingerprint density at radius 3 is 2.53 bits per heavy atom. The van der Waals surface area contributed by atoms with Crippen LogP contribution in [0.1, 0.15) is 5.56 Å². The molecule has 1 fully saturated rings. The van der Waals surface area contributed by atoms with Gasteiger partial charge in [0.25, 0.3) is 0 Å². The molecule has 1 aliphatic heterocycles. The maximum Gasteiger partial charge on any atom is 0.244 e. The number of nitrogens with one attached hydrogen (secondary N) is 1. The van der Waals surface area contributed by atoms with E-state index in [1.54, 1.807) is 7.05 Å². The number of likely N-dealkylation sites (N-methyl/N-ethyl adjacent to an activating group) is 1. The largest absolute Gasteiger partial charge is 0.369 e. The minimum atomic E-state index is -0.223. The monoisotopic (exact) mass is 492 g/mol. The third-order valence-corrected chi connectivity index (χ3v) is 6.12. The van der Waals surface area contributed by atoms with Crippen molar-refractivity contribution in [3.05, 3.63) is 57.5 Å². The molecule has 0 atom stereocenters. The lowest BCUT2D eigenvalue weighted by molar-refractivity contribution is -0.134. The zero-order chi connectivity index (χ0) is 21.7. The highest BCUT2D eigenvalue weighted by molar-refractivity contribution is 9.10. The maximum atomic E-state index is 12.6. The fourth-order valence-electron chi connectivity index (χ4n) is 3.44. The van der Waals surface area contributed by atoms with E-state index in [-0.39, 0.29) is 18.4 Å². The second kappa shape index (κ2) is 10.3.